The summed E-state index contributed by atoms with van der Waals surface area (Å²) in [6.45, 7) is 5.09. The maximum Gasteiger partial charge on any atom is 0.223 e. The van der Waals surface area contributed by atoms with Crippen molar-refractivity contribution >= 4 is 5.91 Å². The highest BCUT2D eigenvalue weighted by molar-refractivity contribution is 5.81. The molecule has 2 heteroatoms. The number of hydrogen-bond donors (Lipinski definition) is 1. The smallest absolute Gasteiger partial charge is 0.223 e. The zero-order valence-electron chi connectivity index (χ0n) is 11.4. The van der Waals surface area contributed by atoms with Crippen LogP contribution in [0.2, 0.25) is 0 Å². The van der Waals surface area contributed by atoms with Gasteiger partial charge in [-0.15, -0.1) is 0 Å². The molecular weight excluding hydrogens is 126 g/mol. The van der Waals surface area contributed by atoms with Crippen LogP contribution in [0.5, 0.6) is 0 Å². The molecule has 0 spiro atoms. The summed E-state index contributed by atoms with van der Waals surface area (Å²) in [6.07, 6.45) is -4.84. The van der Waals surface area contributed by atoms with Gasteiger partial charge in [-0.1, -0.05) is 0 Å². The van der Waals surface area contributed by atoms with E-state index in [0.29, 0.717) is 0 Å². The van der Waals surface area contributed by atoms with Gasteiger partial charge in [-0.3, -0.25) is 4.79 Å². The molecule has 0 bridgehead atoms. The first kappa shape index (κ1) is 3.24. The average Bonchev–Trinajstić information content (AvgIpc) is 2.26. The molecule has 0 heterocycles. The lowest BCUT2D eigenvalue weighted by Crippen LogP contribution is -2.41. The second kappa shape index (κ2) is 2.26. The van der Waals surface area contributed by atoms with Crippen LogP contribution < -0.4 is 5.32 Å². The summed E-state index contributed by atoms with van der Waals surface area (Å²) in [6, 6.07) is 0. The third-order valence-electron chi connectivity index (χ3n) is 0.966. The third-order valence-corrected chi connectivity index (χ3v) is 0.966. The van der Waals surface area contributed by atoms with Crippen LogP contribution in [-0.4, -0.2) is 11.4 Å². The van der Waals surface area contributed by atoms with Crippen molar-refractivity contribution < 1.29 is 11.6 Å². The first-order valence-electron chi connectivity index (χ1n) is 5.70. The summed E-state index contributed by atoms with van der Waals surface area (Å²) in [5.41, 5.74) is -0.597. The lowest BCUT2D eigenvalue weighted by molar-refractivity contribution is -0.123. The van der Waals surface area contributed by atoms with Crippen molar-refractivity contribution in [2.75, 3.05) is 0 Å². The fourth-order valence-electron chi connectivity index (χ4n) is 0.548. The highest BCUT2D eigenvalue weighted by atomic mass is 16.2. The van der Waals surface area contributed by atoms with Crippen LogP contribution in [0, 0.1) is 5.89 Å². The lowest BCUT2D eigenvalue weighted by atomic mass is 10.1. The van der Waals surface area contributed by atoms with Gasteiger partial charge in [-0.2, -0.15) is 0 Å². The molecule has 1 aliphatic rings. The van der Waals surface area contributed by atoms with Gasteiger partial charge in [-0.05, 0) is 33.5 Å². The second-order valence-corrected chi connectivity index (χ2v) is 3.33. The van der Waals surface area contributed by atoms with Crippen LogP contribution in [0.4, 0.5) is 0 Å². The highest BCUT2D eigenvalue weighted by Crippen LogP contribution is 2.29. The summed E-state index contributed by atoms with van der Waals surface area (Å²) < 4.78 is 36.7. The number of amides is 1. The minimum atomic E-state index is -2.42. The Morgan fingerprint density at radius 3 is 2.50 bits per heavy atom. The van der Waals surface area contributed by atoms with Gasteiger partial charge in [0.2, 0.25) is 5.91 Å². The van der Waals surface area contributed by atoms with Gasteiger partial charge in [-0.25, -0.2) is 0 Å². The number of carbonyl (C=O) groups is 1. The third kappa shape index (κ3) is 2.38. The van der Waals surface area contributed by atoms with E-state index in [1.807, 2.05) is 0 Å². The Kier molecular flexibility index (Phi) is 0.732. The number of nitrogens with one attached hydrogen (secondary N) is 1. The molecule has 0 unspecified atom stereocenters. The van der Waals surface area contributed by atoms with E-state index in [-0.39, 0.29) is 0 Å². The van der Waals surface area contributed by atoms with E-state index in [9.17, 15) is 4.79 Å². The molecule has 1 amide bonds. The maximum atomic E-state index is 11.6. The van der Waals surface area contributed by atoms with Crippen LogP contribution in [0.3, 0.4) is 0 Å². The maximum absolute atomic E-state index is 11.6. The number of carbonyl (C=O) groups excluding carboxylic acids is 1. The van der Waals surface area contributed by atoms with Gasteiger partial charge >= 0.3 is 0 Å². The summed E-state index contributed by atoms with van der Waals surface area (Å²) in [7, 11) is 0. The predicted octanol–water partition coefficient (Wildman–Crippen LogP) is 1.31. The molecule has 0 saturated heterocycles. The zero-order chi connectivity index (χ0) is 12.3. The first-order valence-corrected chi connectivity index (χ1v) is 3.20. The van der Waals surface area contributed by atoms with Gasteiger partial charge in [0, 0.05) is 18.3 Å². The Labute approximate surface area is 69.0 Å². The molecule has 1 fully saturated rings. The Balaban J connectivity index is 2.89. The monoisotopic (exact) mass is 146 g/mol. The summed E-state index contributed by atoms with van der Waals surface area (Å²) >= 11 is 0. The number of rotatable bonds is 1. The largest absolute Gasteiger partial charge is 0.351 e. The summed E-state index contributed by atoms with van der Waals surface area (Å²) in [4.78, 5) is 11.6. The molecule has 58 valence electrons. The van der Waals surface area contributed by atoms with E-state index < -0.39 is 30.1 Å². The molecule has 0 atom stereocenters. The van der Waals surface area contributed by atoms with Crippen molar-refractivity contribution in [2.45, 2.75) is 39.1 Å². The predicted molar refractivity (Wildman–Crippen MR) is 40.6 cm³/mol. The minimum Gasteiger partial charge on any atom is -0.351 e. The second-order valence-electron chi connectivity index (χ2n) is 3.33. The normalized spacial score (nSPS) is 39.3. The highest BCUT2D eigenvalue weighted by Gasteiger charge is 2.31. The molecule has 2 nitrogen and oxygen atoms in total. The van der Waals surface area contributed by atoms with Crippen molar-refractivity contribution in [3.05, 3.63) is 0 Å². The van der Waals surface area contributed by atoms with Crippen molar-refractivity contribution in [3.63, 3.8) is 0 Å². The average molecular weight is 146 g/mol. The van der Waals surface area contributed by atoms with Crippen LogP contribution >= 0.6 is 0 Å². The quantitative estimate of drug-likeness (QED) is 0.593. The van der Waals surface area contributed by atoms with Gasteiger partial charge in [0.1, 0.15) is 0 Å². The van der Waals surface area contributed by atoms with E-state index in [1.54, 1.807) is 20.8 Å². The minimum absolute atomic E-state index is 0.597. The molecule has 10 heavy (non-hydrogen) atoms. The standard InChI is InChI=1S/C8H15NO/c1-8(2,3)9-7(10)6-4-5-6/h6H,4-5H2,1-3H3,(H,9,10)/i4D2,5D2,6D. The van der Waals surface area contributed by atoms with Crippen molar-refractivity contribution in [3.8, 4) is 0 Å². The summed E-state index contributed by atoms with van der Waals surface area (Å²) in [5, 5.41) is 2.43. The first-order chi connectivity index (χ1) is 6.38. The van der Waals surface area contributed by atoms with E-state index in [4.69, 9.17) is 6.85 Å². The van der Waals surface area contributed by atoms with Crippen LogP contribution in [0.25, 0.3) is 0 Å². The Morgan fingerprint density at radius 2 is 2.20 bits per heavy atom. The Hall–Kier alpha value is -0.530. The molecule has 0 aromatic rings. The van der Waals surface area contributed by atoms with Crippen LogP contribution in [-0.2, 0) is 4.79 Å². The van der Waals surface area contributed by atoms with Crippen molar-refractivity contribution in [1.29, 1.82) is 0 Å². The molecular formula is C8H15NO. The van der Waals surface area contributed by atoms with Gasteiger partial charge in [0.15, 0.2) is 0 Å². The molecule has 0 aliphatic heterocycles. The molecule has 1 N–H and O–H groups in total. The molecule has 1 saturated carbocycles. The van der Waals surface area contributed by atoms with E-state index in [1.165, 1.54) is 0 Å². The molecule has 0 aromatic heterocycles. The lowest BCUT2D eigenvalue weighted by Gasteiger charge is -2.20. The van der Waals surface area contributed by atoms with Gasteiger partial charge < -0.3 is 5.32 Å². The fraction of sp³-hybridized carbons (Fsp3) is 0.875. The Morgan fingerprint density at radius 1 is 1.70 bits per heavy atom. The SMILES string of the molecule is [2H]C1([2H])C([2H])([2H])C1([2H])C(=O)NC(C)(C)C. The van der Waals surface area contributed by atoms with Crippen LogP contribution in [0.15, 0.2) is 0 Å². The van der Waals surface area contributed by atoms with E-state index in [0.717, 1.165) is 0 Å². The van der Waals surface area contributed by atoms with Crippen molar-refractivity contribution in [1.82, 2.24) is 5.32 Å². The van der Waals surface area contributed by atoms with Gasteiger partial charge in [0.05, 0.1) is 0 Å². The van der Waals surface area contributed by atoms with Crippen LogP contribution in [0.1, 0.15) is 40.4 Å². The molecule has 0 radical (unpaired) electrons. The van der Waals surface area contributed by atoms with E-state index >= 15 is 0 Å². The Bertz CT molecular complexity index is 293. The molecule has 1 rings (SSSR count). The number of hydrogen-bond acceptors (Lipinski definition) is 1. The summed E-state index contributed by atoms with van der Waals surface area (Å²) in [5.74, 6) is -3.22. The zero-order valence-corrected chi connectivity index (χ0v) is 6.41. The van der Waals surface area contributed by atoms with Gasteiger partial charge in [0.25, 0.3) is 0 Å². The van der Waals surface area contributed by atoms with Crippen molar-refractivity contribution in [2.24, 2.45) is 5.89 Å². The fourth-order valence-corrected chi connectivity index (χ4v) is 0.548. The molecule has 1 aliphatic carbocycles. The van der Waals surface area contributed by atoms with E-state index in [2.05, 4.69) is 5.32 Å². The topological polar surface area (TPSA) is 29.1 Å². The molecule has 0 aromatic carbocycles.